The monoisotopic (exact) mass is 321 g/mol. The van der Waals surface area contributed by atoms with Gasteiger partial charge in [0.15, 0.2) is 0 Å². The number of ether oxygens (including phenoxy) is 1. The smallest absolute Gasteiger partial charge is 0.231 e. The molecule has 3 N–H and O–H groups in total. The summed E-state index contributed by atoms with van der Waals surface area (Å²) in [6, 6.07) is 17.8. The molecular formula is C19H19N3O2. The van der Waals surface area contributed by atoms with Gasteiger partial charge in [-0.2, -0.15) is 5.26 Å². The second kappa shape index (κ2) is 7.16. The van der Waals surface area contributed by atoms with E-state index in [4.69, 9.17) is 15.7 Å². The molecule has 3 rings (SSSR count). The van der Waals surface area contributed by atoms with Crippen LogP contribution in [-0.2, 0) is 11.4 Å². The molecule has 0 bridgehead atoms. The van der Waals surface area contributed by atoms with Crippen LogP contribution < -0.4 is 15.8 Å². The number of nitrogens with one attached hydrogen (secondary N) is 1. The summed E-state index contributed by atoms with van der Waals surface area (Å²) < 4.78 is 5.77. The predicted molar refractivity (Wildman–Crippen MR) is 90.3 cm³/mol. The molecule has 0 aliphatic heterocycles. The summed E-state index contributed by atoms with van der Waals surface area (Å²) in [5, 5.41) is 11.9. The lowest BCUT2D eigenvalue weighted by molar-refractivity contribution is -0.117. The van der Waals surface area contributed by atoms with Crippen molar-refractivity contribution >= 4 is 5.91 Å². The molecule has 122 valence electrons. The number of rotatable bonds is 7. The Morgan fingerprint density at radius 2 is 1.92 bits per heavy atom. The second-order valence-electron chi connectivity index (χ2n) is 5.96. The van der Waals surface area contributed by atoms with Gasteiger partial charge in [-0.25, -0.2) is 0 Å². The molecule has 1 fully saturated rings. The maximum Gasteiger partial charge on any atom is 0.231 e. The first kappa shape index (κ1) is 16.0. The molecule has 1 aliphatic rings. The third kappa shape index (κ3) is 4.12. The fourth-order valence-corrected chi connectivity index (χ4v) is 2.67. The van der Waals surface area contributed by atoms with Crippen LogP contribution in [0, 0.1) is 11.3 Å². The van der Waals surface area contributed by atoms with E-state index in [-0.39, 0.29) is 12.5 Å². The molecule has 5 nitrogen and oxygen atoms in total. The van der Waals surface area contributed by atoms with Crippen molar-refractivity contribution in [3.8, 4) is 11.8 Å². The number of nitriles is 1. The summed E-state index contributed by atoms with van der Waals surface area (Å²) in [5.41, 5.74) is 8.04. The number of nitrogens with zero attached hydrogens (tertiary/aromatic N) is 1. The number of carbonyl (C=O) groups is 1. The molecule has 1 aliphatic carbocycles. The third-order valence-electron chi connectivity index (χ3n) is 4.13. The maximum atomic E-state index is 10.8. The van der Waals surface area contributed by atoms with Gasteiger partial charge in [-0.05, 0) is 41.8 Å². The minimum Gasteiger partial charge on any atom is -0.489 e. The average molecular weight is 321 g/mol. The fraction of sp³-hybridized carbons (Fsp3) is 0.263. The van der Waals surface area contributed by atoms with E-state index in [2.05, 4.69) is 23.5 Å². The van der Waals surface area contributed by atoms with Crippen LogP contribution in [0.4, 0.5) is 0 Å². The zero-order valence-electron chi connectivity index (χ0n) is 13.2. The van der Waals surface area contributed by atoms with Gasteiger partial charge in [-0.15, -0.1) is 0 Å². The van der Waals surface area contributed by atoms with Crippen LogP contribution in [0.15, 0.2) is 48.5 Å². The van der Waals surface area contributed by atoms with Crippen molar-refractivity contribution in [3.05, 3.63) is 65.2 Å². The summed E-state index contributed by atoms with van der Waals surface area (Å²) in [6.07, 6.45) is 1.03. The topological polar surface area (TPSA) is 88.1 Å². The summed E-state index contributed by atoms with van der Waals surface area (Å²) in [5.74, 6) is 0.925. The molecule has 2 atom stereocenters. The lowest BCUT2D eigenvalue weighted by atomic mass is 10.1. The molecule has 0 heterocycles. The number of hydrogen-bond donors (Lipinski definition) is 2. The Balaban J connectivity index is 1.50. The minimum atomic E-state index is -0.327. The summed E-state index contributed by atoms with van der Waals surface area (Å²) in [4.78, 5) is 10.8. The van der Waals surface area contributed by atoms with Gasteiger partial charge in [-0.3, -0.25) is 4.79 Å². The molecule has 0 radical (unpaired) electrons. The Labute approximate surface area is 141 Å². The number of primary amides is 1. The largest absolute Gasteiger partial charge is 0.489 e. The second-order valence-corrected chi connectivity index (χ2v) is 5.96. The Morgan fingerprint density at radius 3 is 2.54 bits per heavy atom. The highest BCUT2D eigenvalue weighted by atomic mass is 16.5. The minimum absolute atomic E-state index is 0.229. The number of benzene rings is 2. The molecule has 1 amide bonds. The lowest BCUT2D eigenvalue weighted by Gasteiger charge is -2.08. The van der Waals surface area contributed by atoms with Crippen LogP contribution in [0.25, 0.3) is 0 Å². The molecular weight excluding hydrogens is 302 g/mol. The van der Waals surface area contributed by atoms with E-state index >= 15 is 0 Å². The van der Waals surface area contributed by atoms with E-state index in [0.717, 1.165) is 17.7 Å². The van der Waals surface area contributed by atoms with Crippen LogP contribution in [-0.4, -0.2) is 18.5 Å². The van der Waals surface area contributed by atoms with Gasteiger partial charge < -0.3 is 15.8 Å². The van der Waals surface area contributed by atoms with E-state index in [9.17, 15) is 4.79 Å². The van der Waals surface area contributed by atoms with Gasteiger partial charge in [0, 0.05) is 12.0 Å². The Morgan fingerprint density at radius 1 is 1.21 bits per heavy atom. The molecule has 24 heavy (non-hydrogen) atoms. The van der Waals surface area contributed by atoms with Crippen molar-refractivity contribution in [3.63, 3.8) is 0 Å². The van der Waals surface area contributed by atoms with Gasteiger partial charge in [0.25, 0.3) is 0 Å². The standard InChI is InChI=1S/C19H19N3O2/c20-10-13-1-3-14(4-2-13)12-24-16-7-5-15(6-8-16)17-9-18(17)22-11-19(21)23/h1-8,17-18,22H,9,11-12H2,(H2,21,23)/t17-,18+/m0/s1. The van der Waals surface area contributed by atoms with Gasteiger partial charge >= 0.3 is 0 Å². The number of hydrogen-bond acceptors (Lipinski definition) is 4. The van der Waals surface area contributed by atoms with Crippen LogP contribution >= 0.6 is 0 Å². The Hall–Kier alpha value is -2.84. The Kier molecular flexibility index (Phi) is 4.78. The SMILES string of the molecule is N#Cc1ccc(COc2ccc([C@@H]3C[C@H]3NCC(N)=O)cc2)cc1. The Bertz CT molecular complexity index is 748. The summed E-state index contributed by atoms with van der Waals surface area (Å²) >= 11 is 0. The normalized spacial score (nSPS) is 18.6. The van der Waals surface area contributed by atoms with Crippen molar-refractivity contribution in [2.45, 2.75) is 25.0 Å². The van der Waals surface area contributed by atoms with Gasteiger partial charge in [0.1, 0.15) is 12.4 Å². The van der Waals surface area contributed by atoms with Crippen molar-refractivity contribution in [2.24, 2.45) is 5.73 Å². The van der Waals surface area contributed by atoms with Gasteiger partial charge in [-0.1, -0.05) is 24.3 Å². The highest BCUT2D eigenvalue weighted by molar-refractivity contribution is 5.76. The molecule has 2 aromatic carbocycles. The first-order valence-corrected chi connectivity index (χ1v) is 7.89. The number of amides is 1. The zero-order chi connectivity index (χ0) is 16.9. The van der Waals surface area contributed by atoms with Crippen LogP contribution in [0.1, 0.15) is 29.0 Å². The van der Waals surface area contributed by atoms with Crippen molar-refractivity contribution in [1.82, 2.24) is 5.32 Å². The maximum absolute atomic E-state index is 10.8. The van der Waals surface area contributed by atoms with Crippen molar-refractivity contribution in [2.75, 3.05) is 6.54 Å². The molecule has 1 saturated carbocycles. The van der Waals surface area contributed by atoms with E-state index in [1.54, 1.807) is 12.1 Å². The number of carbonyl (C=O) groups excluding carboxylic acids is 1. The van der Waals surface area contributed by atoms with E-state index in [0.29, 0.717) is 24.1 Å². The lowest BCUT2D eigenvalue weighted by Crippen LogP contribution is -2.30. The van der Waals surface area contributed by atoms with Gasteiger partial charge in [0.05, 0.1) is 18.2 Å². The zero-order valence-corrected chi connectivity index (χ0v) is 13.2. The van der Waals surface area contributed by atoms with Crippen molar-refractivity contribution < 1.29 is 9.53 Å². The van der Waals surface area contributed by atoms with E-state index in [1.165, 1.54) is 5.56 Å². The average Bonchev–Trinajstić information content (AvgIpc) is 3.39. The molecule has 0 aromatic heterocycles. The molecule has 0 unspecified atom stereocenters. The summed E-state index contributed by atoms with van der Waals surface area (Å²) in [7, 11) is 0. The molecule has 2 aromatic rings. The first-order chi connectivity index (χ1) is 11.7. The van der Waals surface area contributed by atoms with E-state index in [1.807, 2.05) is 24.3 Å². The highest BCUT2D eigenvalue weighted by Crippen LogP contribution is 2.41. The van der Waals surface area contributed by atoms with Crippen LogP contribution in [0.3, 0.4) is 0 Å². The summed E-state index contributed by atoms with van der Waals surface area (Å²) in [6.45, 7) is 0.699. The van der Waals surface area contributed by atoms with Crippen molar-refractivity contribution in [1.29, 1.82) is 5.26 Å². The van der Waals surface area contributed by atoms with Crippen LogP contribution in [0.2, 0.25) is 0 Å². The molecule has 0 spiro atoms. The molecule has 5 heteroatoms. The fourth-order valence-electron chi connectivity index (χ4n) is 2.67. The quantitative estimate of drug-likeness (QED) is 0.817. The first-order valence-electron chi connectivity index (χ1n) is 7.89. The predicted octanol–water partition coefficient (Wildman–Crippen LogP) is 2.07. The van der Waals surface area contributed by atoms with E-state index < -0.39 is 0 Å². The van der Waals surface area contributed by atoms with Crippen LogP contribution in [0.5, 0.6) is 5.75 Å². The van der Waals surface area contributed by atoms with Gasteiger partial charge in [0.2, 0.25) is 5.91 Å². The highest BCUT2D eigenvalue weighted by Gasteiger charge is 2.37. The number of nitrogens with two attached hydrogens (primary N) is 1. The molecule has 0 saturated heterocycles. The third-order valence-corrected chi connectivity index (χ3v) is 4.13.